The van der Waals surface area contributed by atoms with Crippen molar-refractivity contribution >= 4 is 5.97 Å². The van der Waals surface area contributed by atoms with Crippen molar-refractivity contribution in [1.82, 2.24) is 0 Å². The molecule has 1 rings (SSSR count). The molecule has 3 heteroatoms. The van der Waals surface area contributed by atoms with Crippen LogP contribution in [0, 0.1) is 5.92 Å². The average molecular weight is 214 g/mol. The van der Waals surface area contributed by atoms with E-state index in [0.29, 0.717) is 12.7 Å². The highest BCUT2D eigenvalue weighted by Crippen LogP contribution is 2.27. The lowest BCUT2D eigenvalue weighted by atomic mass is 10.0. The number of rotatable bonds is 7. The molecule has 1 saturated heterocycles. The van der Waals surface area contributed by atoms with Gasteiger partial charge in [0, 0.05) is 6.92 Å². The molecule has 0 saturated carbocycles. The van der Waals surface area contributed by atoms with E-state index in [9.17, 15) is 4.79 Å². The molecule has 1 aliphatic heterocycles. The fraction of sp³-hybridized carbons (Fsp3) is 0.917. The van der Waals surface area contributed by atoms with E-state index in [4.69, 9.17) is 9.47 Å². The van der Waals surface area contributed by atoms with Crippen LogP contribution in [0.3, 0.4) is 0 Å². The van der Waals surface area contributed by atoms with Gasteiger partial charge in [0.05, 0.1) is 6.10 Å². The molecule has 0 radical (unpaired) electrons. The third-order valence-electron chi connectivity index (χ3n) is 2.66. The Morgan fingerprint density at radius 1 is 1.33 bits per heavy atom. The normalized spacial score (nSPS) is 24.3. The van der Waals surface area contributed by atoms with E-state index in [1.54, 1.807) is 0 Å². The molecule has 88 valence electrons. The van der Waals surface area contributed by atoms with Crippen LogP contribution in [0.2, 0.25) is 0 Å². The molecule has 1 heterocycles. The summed E-state index contributed by atoms with van der Waals surface area (Å²) in [6.45, 7) is 6.36. The van der Waals surface area contributed by atoms with Crippen LogP contribution >= 0.6 is 0 Å². The van der Waals surface area contributed by atoms with Crippen LogP contribution in [0.1, 0.15) is 46.5 Å². The van der Waals surface area contributed by atoms with Gasteiger partial charge in [-0.2, -0.15) is 0 Å². The molecule has 0 aromatic rings. The summed E-state index contributed by atoms with van der Waals surface area (Å²) in [5, 5.41) is 0. The molecule has 0 amide bonds. The number of carbonyl (C=O) groups excluding carboxylic acids is 1. The molecule has 0 bridgehead atoms. The topological polar surface area (TPSA) is 38.8 Å². The maximum absolute atomic E-state index is 10.5. The van der Waals surface area contributed by atoms with Gasteiger partial charge in [-0.3, -0.25) is 4.79 Å². The number of unbranched alkanes of at least 4 members (excludes halogenated alkanes) is 1. The molecule has 0 aliphatic carbocycles. The Hall–Kier alpha value is -0.570. The van der Waals surface area contributed by atoms with Crippen molar-refractivity contribution in [2.45, 2.75) is 58.7 Å². The van der Waals surface area contributed by atoms with E-state index in [0.717, 1.165) is 12.3 Å². The molecular weight excluding hydrogens is 192 g/mol. The van der Waals surface area contributed by atoms with Crippen LogP contribution in [0.4, 0.5) is 0 Å². The molecule has 1 fully saturated rings. The number of epoxide rings is 1. The summed E-state index contributed by atoms with van der Waals surface area (Å²) in [4.78, 5) is 10.5. The molecule has 0 aromatic carbocycles. The maximum Gasteiger partial charge on any atom is 0.302 e. The van der Waals surface area contributed by atoms with Gasteiger partial charge in [0.15, 0.2) is 0 Å². The minimum absolute atomic E-state index is 0.174. The largest absolute Gasteiger partial charge is 0.463 e. The minimum atomic E-state index is -0.218. The number of ether oxygens (including phenoxy) is 2. The predicted octanol–water partition coefficient (Wildman–Crippen LogP) is 2.53. The van der Waals surface area contributed by atoms with Gasteiger partial charge in [-0.25, -0.2) is 0 Å². The van der Waals surface area contributed by atoms with Crippen molar-refractivity contribution in [3.05, 3.63) is 0 Å². The summed E-state index contributed by atoms with van der Waals surface area (Å²) in [7, 11) is 0. The summed E-state index contributed by atoms with van der Waals surface area (Å²) < 4.78 is 10.3. The summed E-state index contributed by atoms with van der Waals surface area (Å²) in [6, 6.07) is 0. The lowest BCUT2D eigenvalue weighted by Crippen LogP contribution is -2.08. The maximum atomic E-state index is 10.5. The van der Waals surface area contributed by atoms with Crippen LogP contribution in [-0.4, -0.2) is 24.8 Å². The van der Waals surface area contributed by atoms with E-state index in [-0.39, 0.29) is 12.1 Å². The molecular formula is C12H22O3. The van der Waals surface area contributed by atoms with Crippen LogP contribution in [0.15, 0.2) is 0 Å². The van der Waals surface area contributed by atoms with Gasteiger partial charge in [-0.15, -0.1) is 0 Å². The van der Waals surface area contributed by atoms with Crippen molar-refractivity contribution in [3.63, 3.8) is 0 Å². The second-order valence-electron chi connectivity index (χ2n) is 4.69. The van der Waals surface area contributed by atoms with Gasteiger partial charge >= 0.3 is 5.97 Å². The smallest absolute Gasteiger partial charge is 0.302 e. The molecule has 1 aliphatic rings. The zero-order chi connectivity index (χ0) is 11.3. The molecule has 0 N–H and O–H groups in total. The predicted molar refractivity (Wildman–Crippen MR) is 58.6 cm³/mol. The SMILES string of the molecule is CC(=O)OCC1OC1CCCCC(C)C. The van der Waals surface area contributed by atoms with Gasteiger partial charge in [-0.05, 0) is 12.3 Å². The third kappa shape index (κ3) is 5.78. The average Bonchev–Trinajstić information content (AvgIpc) is 2.88. The Balaban J connectivity index is 1.91. The van der Waals surface area contributed by atoms with Crippen molar-refractivity contribution in [1.29, 1.82) is 0 Å². The first-order valence-corrected chi connectivity index (χ1v) is 5.88. The highest BCUT2D eigenvalue weighted by Gasteiger charge is 2.38. The summed E-state index contributed by atoms with van der Waals surface area (Å²) in [5.74, 6) is 0.575. The number of esters is 1. The third-order valence-corrected chi connectivity index (χ3v) is 2.66. The monoisotopic (exact) mass is 214 g/mol. The van der Waals surface area contributed by atoms with E-state index in [1.165, 1.54) is 26.2 Å². The van der Waals surface area contributed by atoms with Crippen molar-refractivity contribution in [2.24, 2.45) is 5.92 Å². The second kappa shape index (κ2) is 6.11. The lowest BCUT2D eigenvalue weighted by molar-refractivity contribution is -0.141. The Morgan fingerprint density at radius 3 is 2.67 bits per heavy atom. The number of hydrogen-bond acceptors (Lipinski definition) is 3. The zero-order valence-corrected chi connectivity index (χ0v) is 9.99. The highest BCUT2D eigenvalue weighted by atomic mass is 16.6. The molecule has 2 unspecified atom stereocenters. The Kier molecular flexibility index (Phi) is 5.09. The Labute approximate surface area is 92.1 Å². The molecule has 0 spiro atoms. The van der Waals surface area contributed by atoms with Gasteiger partial charge in [-0.1, -0.05) is 33.1 Å². The van der Waals surface area contributed by atoms with Crippen molar-refractivity contribution < 1.29 is 14.3 Å². The van der Waals surface area contributed by atoms with Gasteiger partial charge in [0.25, 0.3) is 0 Å². The van der Waals surface area contributed by atoms with E-state index in [2.05, 4.69) is 13.8 Å². The first-order chi connectivity index (χ1) is 7.09. The first kappa shape index (κ1) is 12.5. The molecule has 15 heavy (non-hydrogen) atoms. The summed E-state index contributed by atoms with van der Waals surface area (Å²) in [6.07, 6.45) is 5.42. The number of carbonyl (C=O) groups is 1. The molecule has 2 atom stereocenters. The quantitative estimate of drug-likeness (QED) is 0.371. The van der Waals surface area contributed by atoms with Crippen molar-refractivity contribution in [3.8, 4) is 0 Å². The van der Waals surface area contributed by atoms with E-state index in [1.807, 2.05) is 0 Å². The number of hydrogen-bond donors (Lipinski definition) is 0. The van der Waals surface area contributed by atoms with Gasteiger partial charge in [0.1, 0.15) is 12.7 Å². The fourth-order valence-corrected chi connectivity index (χ4v) is 1.68. The van der Waals surface area contributed by atoms with E-state index >= 15 is 0 Å². The fourth-order valence-electron chi connectivity index (χ4n) is 1.68. The van der Waals surface area contributed by atoms with Crippen LogP contribution in [-0.2, 0) is 14.3 Å². The lowest BCUT2D eigenvalue weighted by Gasteiger charge is -2.02. The molecule has 0 aromatic heterocycles. The van der Waals surface area contributed by atoms with Crippen LogP contribution in [0.5, 0.6) is 0 Å². The van der Waals surface area contributed by atoms with E-state index < -0.39 is 0 Å². The summed E-state index contributed by atoms with van der Waals surface area (Å²) in [5.41, 5.74) is 0. The standard InChI is InChI=1S/C12H22O3/c1-9(2)6-4-5-7-11-12(15-11)8-14-10(3)13/h9,11-12H,4-8H2,1-3H3. The second-order valence-corrected chi connectivity index (χ2v) is 4.69. The first-order valence-electron chi connectivity index (χ1n) is 5.88. The summed E-state index contributed by atoms with van der Waals surface area (Å²) >= 11 is 0. The highest BCUT2D eigenvalue weighted by molar-refractivity contribution is 5.65. The minimum Gasteiger partial charge on any atom is -0.463 e. The van der Waals surface area contributed by atoms with Gasteiger partial charge in [0.2, 0.25) is 0 Å². The van der Waals surface area contributed by atoms with Crippen molar-refractivity contribution in [2.75, 3.05) is 6.61 Å². The van der Waals surface area contributed by atoms with Gasteiger partial charge < -0.3 is 9.47 Å². The van der Waals surface area contributed by atoms with Crippen LogP contribution in [0.25, 0.3) is 0 Å². The molecule has 3 nitrogen and oxygen atoms in total. The Bertz CT molecular complexity index is 201. The Morgan fingerprint density at radius 2 is 2.07 bits per heavy atom. The zero-order valence-electron chi connectivity index (χ0n) is 9.99. The van der Waals surface area contributed by atoms with Crippen LogP contribution < -0.4 is 0 Å².